The Morgan fingerprint density at radius 1 is 1.56 bits per heavy atom. The molecule has 0 aromatic carbocycles. The smallest absolute Gasteiger partial charge is 0.268 e. The quantitative estimate of drug-likeness (QED) is 0.863. The van der Waals surface area contributed by atoms with E-state index in [4.69, 9.17) is 4.55 Å². The van der Waals surface area contributed by atoms with Crippen LogP contribution in [0.2, 0.25) is 0 Å². The van der Waals surface area contributed by atoms with E-state index in [-0.39, 0.29) is 5.25 Å². The highest BCUT2D eigenvalue weighted by atomic mass is 32.2. The van der Waals surface area contributed by atoms with Crippen LogP contribution in [-0.2, 0) is 16.5 Å². The number of thioether (sulfide) groups is 1. The Morgan fingerprint density at radius 2 is 2.31 bits per heavy atom. The monoisotopic (exact) mass is 278 g/mol. The summed E-state index contributed by atoms with van der Waals surface area (Å²) in [5, 5.41) is 3.81. The standard InChI is InChI=1S/C10H14O3S3/c1-7-10(16(11,12)13)5-9(15-7)4-8-2-3-14-6-8/h2-3,6-7,9-10H,4-5H2,1H3,(H,11,12,13). The van der Waals surface area contributed by atoms with Crippen molar-refractivity contribution in [1.29, 1.82) is 0 Å². The molecule has 1 fully saturated rings. The van der Waals surface area contributed by atoms with Crippen LogP contribution >= 0.6 is 23.1 Å². The van der Waals surface area contributed by atoms with Crippen LogP contribution in [0.5, 0.6) is 0 Å². The van der Waals surface area contributed by atoms with Crippen LogP contribution in [0.25, 0.3) is 0 Å². The maximum absolute atomic E-state index is 11.1. The van der Waals surface area contributed by atoms with Gasteiger partial charge in [-0.1, -0.05) is 6.92 Å². The molecule has 1 aromatic heterocycles. The number of rotatable bonds is 3. The summed E-state index contributed by atoms with van der Waals surface area (Å²) in [6.45, 7) is 1.87. The Morgan fingerprint density at radius 3 is 2.81 bits per heavy atom. The summed E-state index contributed by atoms with van der Waals surface area (Å²) in [5.41, 5.74) is 1.26. The summed E-state index contributed by atoms with van der Waals surface area (Å²) in [5.74, 6) is 0. The molecule has 0 bridgehead atoms. The second-order valence-corrected chi connectivity index (χ2v) is 8.19. The van der Waals surface area contributed by atoms with E-state index in [1.54, 1.807) is 23.1 Å². The van der Waals surface area contributed by atoms with Gasteiger partial charge in [0.25, 0.3) is 10.1 Å². The minimum absolute atomic E-state index is 0.0152. The molecule has 3 atom stereocenters. The summed E-state index contributed by atoms with van der Waals surface area (Å²) in [6, 6.07) is 2.07. The highest BCUT2D eigenvalue weighted by Gasteiger charge is 2.39. The molecule has 1 N–H and O–H groups in total. The first-order valence-corrected chi connectivity index (χ1v) is 8.48. The van der Waals surface area contributed by atoms with Crippen molar-refractivity contribution in [3.63, 3.8) is 0 Å². The minimum Gasteiger partial charge on any atom is -0.285 e. The van der Waals surface area contributed by atoms with Gasteiger partial charge in [0.15, 0.2) is 0 Å². The number of hydrogen-bond donors (Lipinski definition) is 1. The molecule has 3 nitrogen and oxygen atoms in total. The van der Waals surface area contributed by atoms with Gasteiger partial charge in [0.1, 0.15) is 0 Å². The summed E-state index contributed by atoms with van der Waals surface area (Å²) in [7, 11) is -3.88. The minimum atomic E-state index is -3.88. The van der Waals surface area contributed by atoms with Crippen LogP contribution in [-0.4, -0.2) is 28.7 Å². The third-order valence-electron chi connectivity index (χ3n) is 2.85. The fourth-order valence-electron chi connectivity index (χ4n) is 2.06. The zero-order valence-corrected chi connectivity index (χ0v) is 11.3. The van der Waals surface area contributed by atoms with Crippen LogP contribution in [0.3, 0.4) is 0 Å². The molecule has 1 aliphatic rings. The predicted molar refractivity (Wildman–Crippen MR) is 68.8 cm³/mol. The van der Waals surface area contributed by atoms with Gasteiger partial charge >= 0.3 is 0 Å². The van der Waals surface area contributed by atoms with E-state index in [0.717, 1.165) is 6.42 Å². The molecule has 0 aliphatic carbocycles. The maximum Gasteiger partial charge on any atom is 0.268 e. The predicted octanol–water partition coefficient (Wildman–Crippen LogP) is 2.44. The molecule has 1 aromatic rings. The highest BCUT2D eigenvalue weighted by molar-refractivity contribution is 8.02. The summed E-state index contributed by atoms with van der Waals surface area (Å²) in [4.78, 5) is 0. The van der Waals surface area contributed by atoms with Gasteiger partial charge in [-0.25, -0.2) is 0 Å². The van der Waals surface area contributed by atoms with Gasteiger partial charge in [-0.2, -0.15) is 31.5 Å². The van der Waals surface area contributed by atoms with Gasteiger partial charge in [-0.3, -0.25) is 4.55 Å². The molecule has 2 heterocycles. The molecule has 3 unspecified atom stereocenters. The van der Waals surface area contributed by atoms with Crippen LogP contribution < -0.4 is 0 Å². The Balaban J connectivity index is 2.02. The summed E-state index contributed by atoms with van der Waals surface area (Å²) in [6.07, 6.45) is 1.45. The first kappa shape index (κ1) is 12.4. The average Bonchev–Trinajstić information content (AvgIpc) is 2.74. The van der Waals surface area contributed by atoms with Gasteiger partial charge in [0, 0.05) is 10.5 Å². The van der Waals surface area contributed by atoms with Gasteiger partial charge in [-0.15, -0.1) is 0 Å². The average molecular weight is 278 g/mol. The third-order valence-corrected chi connectivity index (χ3v) is 6.62. The zero-order valence-electron chi connectivity index (χ0n) is 8.87. The lowest BCUT2D eigenvalue weighted by molar-refractivity contribution is 0.463. The number of thiophene rings is 1. The second-order valence-electron chi connectivity index (χ2n) is 4.09. The second kappa shape index (κ2) is 4.68. The fraction of sp³-hybridized carbons (Fsp3) is 0.600. The summed E-state index contributed by atoms with van der Waals surface area (Å²) < 4.78 is 31.4. The zero-order chi connectivity index (χ0) is 11.8. The van der Waals surface area contributed by atoms with E-state index in [9.17, 15) is 8.42 Å². The topological polar surface area (TPSA) is 54.4 Å². The van der Waals surface area contributed by atoms with Crippen molar-refractivity contribution >= 4 is 33.2 Å². The van der Waals surface area contributed by atoms with E-state index >= 15 is 0 Å². The Kier molecular flexibility index (Phi) is 3.63. The molecular formula is C10H14O3S3. The first-order chi connectivity index (χ1) is 7.47. The molecule has 90 valence electrons. The normalized spacial score (nSPS) is 30.8. The molecule has 1 aliphatic heterocycles. The van der Waals surface area contributed by atoms with Crippen molar-refractivity contribution in [2.24, 2.45) is 0 Å². The fourth-order valence-corrected chi connectivity index (χ4v) is 5.94. The molecule has 16 heavy (non-hydrogen) atoms. The van der Waals surface area contributed by atoms with Crippen LogP contribution in [0.15, 0.2) is 16.8 Å². The molecule has 0 spiro atoms. The van der Waals surface area contributed by atoms with Crippen molar-refractivity contribution < 1.29 is 13.0 Å². The van der Waals surface area contributed by atoms with E-state index in [1.807, 2.05) is 12.3 Å². The third kappa shape index (κ3) is 2.80. The van der Waals surface area contributed by atoms with Gasteiger partial charge in [0.2, 0.25) is 0 Å². The van der Waals surface area contributed by atoms with Crippen molar-refractivity contribution in [2.45, 2.75) is 35.5 Å². The number of hydrogen-bond acceptors (Lipinski definition) is 4. The van der Waals surface area contributed by atoms with Crippen LogP contribution in [0.1, 0.15) is 18.9 Å². The molecular weight excluding hydrogens is 264 g/mol. The van der Waals surface area contributed by atoms with Crippen LogP contribution in [0.4, 0.5) is 0 Å². The SMILES string of the molecule is CC1SC(Cc2ccsc2)CC1S(=O)(=O)O. The molecule has 1 saturated heterocycles. The van der Waals surface area contributed by atoms with E-state index in [0.29, 0.717) is 11.7 Å². The molecule has 0 saturated carbocycles. The molecule has 0 radical (unpaired) electrons. The van der Waals surface area contributed by atoms with Crippen molar-refractivity contribution in [1.82, 2.24) is 0 Å². The lowest BCUT2D eigenvalue weighted by Gasteiger charge is -2.08. The largest absolute Gasteiger partial charge is 0.285 e. The molecule has 6 heteroatoms. The van der Waals surface area contributed by atoms with Crippen LogP contribution in [0, 0.1) is 0 Å². The van der Waals surface area contributed by atoms with Crippen molar-refractivity contribution in [3.05, 3.63) is 22.4 Å². The van der Waals surface area contributed by atoms with E-state index in [1.165, 1.54) is 5.56 Å². The van der Waals surface area contributed by atoms with Crippen molar-refractivity contribution in [2.75, 3.05) is 0 Å². The van der Waals surface area contributed by atoms with E-state index < -0.39 is 15.4 Å². The highest BCUT2D eigenvalue weighted by Crippen LogP contribution is 2.38. The molecule has 0 amide bonds. The first-order valence-electron chi connectivity index (χ1n) is 5.09. The van der Waals surface area contributed by atoms with Gasteiger partial charge in [0.05, 0.1) is 5.25 Å². The van der Waals surface area contributed by atoms with Gasteiger partial charge in [-0.05, 0) is 35.2 Å². The van der Waals surface area contributed by atoms with Gasteiger partial charge < -0.3 is 0 Å². The Hall–Kier alpha value is -0.0400. The Labute approximate surface area is 104 Å². The summed E-state index contributed by atoms with van der Waals surface area (Å²) >= 11 is 3.32. The maximum atomic E-state index is 11.1. The lowest BCUT2D eigenvalue weighted by atomic mass is 10.1. The molecule has 2 rings (SSSR count). The lowest BCUT2D eigenvalue weighted by Crippen LogP contribution is -2.25. The van der Waals surface area contributed by atoms with E-state index in [2.05, 4.69) is 11.4 Å². The van der Waals surface area contributed by atoms with Crippen molar-refractivity contribution in [3.8, 4) is 0 Å². The Bertz CT molecular complexity index is 438.